The molecule has 0 unspecified atom stereocenters. The zero-order chi connectivity index (χ0) is 21.8. The van der Waals surface area contributed by atoms with Crippen molar-refractivity contribution in [2.24, 2.45) is 0 Å². The summed E-state index contributed by atoms with van der Waals surface area (Å²) in [6.45, 7) is 0. The summed E-state index contributed by atoms with van der Waals surface area (Å²) in [4.78, 5) is 17.0. The van der Waals surface area contributed by atoms with Crippen LogP contribution < -0.4 is 5.32 Å². The molecule has 1 aromatic heterocycles. The number of carbonyl (C=O) groups excluding carboxylic acids is 1. The molecule has 1 N–H and O–H groups in total. The Kier molecular flexibility index (Phi) is 5.50. The number of benzene rings is 3. The topological polar surface area (TPSA) is 65.8 Å². The van der Waals surface area contributed by atoms with Gasteiger partial charge in [-0.15, -0.1) is 0 Å². The zero-order valence-corrected chi connectivity index (χ0v) is 16.1. The van der Waals surface area contributed by atoms with Crippen LogP contribution in [0.2, 0.25) is 0 Å². The molecule has 0 saturated carbocycles. The maximum atomic E-state index is 14.1. The molecule has 6 heteroatoms. The Balaban J connectivity index is 1.59. The van der Waals surface area contributed by atoms with Gasteiger partial charge in [0.1, 0.15) is 11.6 Å². The third-order valence-corrected chi connectivity index (χ3v) is 4.65. The van der Waals surface area contributed by atoms with Gasteiger partial charge in [0.2, 0.25) is 0 Å². The minimum Gasteiger partial charge on any atom is -0.322 e. The lowest BCUT2D eigenvalue weighted by Gasteiger charge is -2.09. The molecule has 4 rings (SSSR count). The van der Waals surface area contributed by atoms with Crippen molar-refractivity contribution in [2.45, 2.75) is 0 Å². The van der Waals surface area contributed by atoms with E-state index in [0.717, 1.165) is 11.6 Å². The molecular weight excluding hydrogens is 396 g/mol. The summed E-state index contributed by atoms with van der Waals surface area (Å²) in [5.41, 5.74) is 3.35. The van der Waals surface area contributed by atoms with Gasteiger partial charge in [0.15, 0.2) is 0 Å². The Hall–Kier alpha value is -4.37. The van der Waals surface area contributed by atoms with Gasteiger partial charge in [-0.25, -0.2) is 13.8 Å². The fourth-order valence-electron chi connectivity index (χ4n) is 3.10. The van der Waals surface area contributed by atoms with Gasteiger partial charge in [-0.3, -0.25) is 4.79 Å². The standard InChI is InChI=1S/C25H15F2N3O/c26-19-11-12-21(22(27)14-19)24-6-2-5-23(30-24)18-3-1-4-20(13-18)29-25(31)17-9-7-16(15-28)8-10-17/h1-14H,(H,29,31). The van der Waals surface area contributed by atoms with Crippen molar-refractivity contribution in [3.8, 4) is 28.6 Å². The predicted molar refractivity (Wildman–Crippen MR) is 114 cm³/mol. The van der Waals surface area contributed by atoms with E-state index in [1.54, 1.807) is 60.7 Å². The number of nitrogens with zero attached hydrogens (tertiary/aromatic N) is 2. The molecule has 0 spiro atoms. The van der Waals surface area contributed by atoms with Gasteiger partial charge in [-0.2, -0.15) is 5.26 Å². The van der Waals surface area contributed by atoms with Crippen molar-refractivity contribution in [3.05, 3.63) is 108 Å². The highest BCUT2D eigenvalue weighted by atomic mass is 19.1. The largest absolute Gasteiger partial charge is 0.322 e. The SMILES string of the molecule is N#Cc1ccc(C(=O)Nc2cccc(-c3cccc(-c4ccc(F)cc4F)n3)c2)cc1. The first kappa shape index (κ1) is 19.9. The van der Waals surface area contributed by atoms with Crippen LogP contribution >= 0.6 is 0 Å². The molecule has 1 heterocycles. The molecule has 0 aliphatic carbocycles. The Bertz CT molecular complexity index is 1310. The van der Waals surface area contributed by atoms with E-state index in [-0.39, 0.29) is 11.5 Å². The molecule has 0 aliphatic rings. The monoisotopic (exact) mass is 411 g/mol. The number of rotatable bonds is 4. The number of amides is 1. The fraction of sp³-hybridized carbons (Fsp3) is 0. The highest BCUT2D eigenvalue weighted by molar-refractivity contribution is 6.04. The van der Waals surface area contributed by atoms with Crippen molar-refractivity contribution in [3.63, 3.8) is 0 Å². The molecule has 0 bridgehead atoms. The summed E-state index contributed by atoms with van der Waals surface area (Å²) < 4.78 is 27.3. The quantitative estimate of drug-likeness (QED) is 0.460. The van der Waals surface area contributed by atoms with Crippen LogP contribution in [0.3, 0.4) is 0 Å². The Morgan fingerprint density at radius 1 is 0.871 bits per heavy atom. The van der Waals surface area contributed by atoms with Gasteiger partial charge < -0.3 is 5.32 Å². The number of pyridine rings is 1. The van der Waals surface area contributed by atoms with E-state index in [4.69, 9.17) is 5.26 Å². The van der Waals surface area contributed by atoms with Gasteiger partial charge in [-0.05, 0) is 60.7 Å². The van der Waals surface area contributed by atoms with Crippen LogP contribution in [0.4, 0.5) is 14.5 Å². The van der Waals surface area contributed by atoms with Crippen molar-refractivity contribution in [2.75, 3.05) is 5.32 Å². The van der Waals surface area contributed by atoms with E-state index < -0.39 is 11.6 Å². The summed E-state index contributed by atoms with van der Waals surface area (Å²) in [7, 11) is 0. The first-order chi connectivity index (χ1) is 15.0. The third kappa shape index (κ3) is 4.46. The van der Waals surface area contributed by atoms with E-state index in [1.165, 1.54) is 12.1 Å². The predicted octanol–water partition coefficient (Wildman–Crippen LogP) is 5.82. The van der Waals surface area contributed by atoms with Crippen LogP contribution in [0.15, 0.2) is 84.9 Å². The number of carbonyl (C=O) groups is 1. The minimum absolute atomic E-state index is 0.202. The van der Waals surface area contributed by atoms with Crippen LogP contribution in [0, 0.1) is 23.0 Å². The molecule has 4 aromatic rings. The highest BCUT2D eigenvalue weighted by Gasteiger charge is 2.11. The molecule has 3 aromatic carbocycles. The zero-order valence-electron chi connectivity index (χ0n) is 16.1. The Labute approximate surface area is 177 Å². The number of hydrogen-bond donors (Lipinski definition) is 1. The molecule has 0 fully saturated rings. The van der Waals surface area contributed by atoms with E-state index in [9.17, 15) is 13.6 Å². The average molecular weight is 411 g/mol. The molecular formula is C25H15F2N3O. The lowest BCUT2D eigenvalue weighted by Crippen LogP contribution is -2.11. The van der Waals surface area contributed by atoms with Crippen LogP contribution in [0.1, 0.15) is 15.9 Å². The van der Waals surface area contributed by atoms with Crippen LogP contribution in [0.5, 0.6) is 0 Å². The van der Waals surface area contributed by atoms with Gasteiger partial charge in [0, 0.05) is 28.4 Å². The number of halogens is 2. The number of nitriles is 1. The first-order valence-electron chi connectivity index (χ1n) is 9.38. The van der Waals surface area contributed by atoms with Gasteiger partial charge in [0.05, 0.1) is 23.0 Å². The summed E-state index contributed by atoms with van der Waals surface area (Å²) in [6.07, 6.45) is 0. The van der Waals surface area contributed by atoms with E-state index >= 15 is 0 Å². The normalized spacial score (nSPS) is 10.4. The van der Waals surface area contributed by atoms with Crippen molar-refractivity contribution in [1.29, 1.82) is 5.26 Å². The Morgan fingerprint density at radius 2 is 1.61 bits per heavy atom. The first-order valence-corrected chi connectivity index (χ1v) is 9.38. The molecule has 31 heavy (non-hydrogen) atoms. The van der Waals surface area contributed by atoms with Gasteiger partial charge in [-0.1, -0.05) is 18.2 Å². The van der Waals surface area contributed by atoms with Crippen molar-refractivity contribution < 1.29 is 13.6 Å². The van der Waals surface area contributed by atoms with Gasteiger partial charge >= 0.3 is 0 Å². The second-order valence-electron chi connectivity index (χ2n) is 6.76. The van der Waals surface area contributed by atoms with Gasteiger partial charge in [0.25, 0.3) is 5.91 Å². The summed E-state index contributed by atoms with van der Waals surface area (Å²) in [6, 6.07) is 24.0. The maximum absolute atomic E-state index is 14.1. The smallest absolute Gasteiger partial charge is 0.255 e. The molecule has 0 saturated heterocycles. The van der Waals surface area contributed by atoms with Crippen molar-refractivity contribution in [1.82, 2.24) is 4.98 Å². The number of nitrogens with one attached hydrogen (secondary N) is 1. The lowest BCUT2D eigenvalue weighted by atomic mass is 10.1. The second kappa shape index (κ2) is 8.56. The summed E-state index contributed by atoms with van der Waals surface area (Å²) in [5.74, 6) is -1.65. The fourth-order valence-corrected chi connectivity index (χ4v) is 3.10. The Morgan fingerprint density at radius 3 is 2.35 bits per heavy atom. The molecule has 0 radical (unpaired) electrons. The number of aromatic nitrogens is 1. The molecule has 0 atom stereocenters. The van der Waals surface area contributed by atoms with E-state index in [2.05, 4.69) is 10.3 Å². The number of anilines is 1. The van der Waals surface area contributed by atoms with Crippen LogP contribution in [-0.2, 0) is 0 Å². The minimum atomic E-state index is -0.687. The maximum Gasteiger partial charge on any atom is 0.255 e. The van der Waals surface area contributed by atoms with Crippen LogP contribution in [0.25, 0.3) is 22.5 Å². The molecule has 150 valence electrons. The molecule has 0 aliphatic heterocycles. The molecule has 1 amide bonds. The molecule has 4 nitrogen and oxygen atoms in total. The number of hydrogen-bond acceptors (Lipinski definition) is 3. The van der Waals surface area contributed by atoms with Crippen molar-refractivity contribution >= 4 is 11.6 Å². The van der Waals surface area contributed by atoms with Crippen LogP contribution in [-0.4, -0.2) is 10.9 Å². The van der Waals surface area contributed by atoms with E-state index in [1.807, 2.05) is 12.1 Å². The third-order valence-electron chi connectivity index (χ3n) is 4.65. The lowest BCUT2D eigenvalue weighted by molar-refractivity contribution is 0.102. The summed E-state index contributed by atoms with van der Waals surface area (Å²) >= 11 is 0. The summed E-state index contributed by atoms with van der Waals surface area (Å²) in [5, 5.41) is 11.7. The van der Waals surface area contributed by atoms with E-state index in [0.29, 0.717) is 28.2 Å². The average Bonchev–Trinajstić information content (AvgIpc) is 2.79. The second-order valence-corrected chi connectivity index (χ2v) is 6.76. The highest BCUT2D eigenvalue weighted by Crippen LogP contribution is 2.26.